The maximum absolute atomic E-state index is 12.5. The Morgan fingerprint density at radius 1 is 1.28 bits per heavy atom. The summed E-state index contributed by atoms with van der Waals surface area (Å²) in [5.74, 6) is -0.356. The van der Waals surface area contributed by atoms with Gasteiger partial charge in [0.2, 0.25) is 0 Å². The number of pyridine rings is 1. The molecule has 3 aromatic rings. The zero-order valence-corrected chi connectivity index (χ0v) is 14.7. The Hall–Kier alpha value is -2.31. The van der Waals surface area contributed by atoms with Gasteiger partial charge in [0.15, 0.2) is 4.90 Å². The Morgan fingerprint density at radius 2 is 2.04 bits per heavy atom. The zero-order chi connectivity index (χ0) is 17.4. The third-order valence-corrected chi connectivity index (χ3v) is 6.42. The Kier molecular flexibility index (Phi) is 4.23. The molecule has 0 radical (unpaired) electrons. The van der Waals surface area contributed by atoms with E-state index < -0.39 is 11.2 Å². The standard InChI is InChI=1S/C19H18N2O3S/c1-24-19(22)13-5-7-15(8-6-13)21-10-9-14-11-17(12-20-18(14)21)25(23)16-3-2-4-16/h5-12,16H,2-4H2,1H3. The first-order valence-electron chi connectivity index (χ1n) is 8.24. The Bertz CT molecular complexity index is 916. The normalized spacial score (nSPS) is 15.8. The van der Waals surface area contributed by atoms with E-state index in [-0.39, 0.29) is 11.2 Å². The van der Waals surface area contributed by atoms with Gasteiger partial charge in [-0.15, -0.1) is 0 Å². The minimum Gasteiger partial charge on any atom is -0.611 e. The first-order valence-corrected chi connectivity index (χ1v) is 9.45. The molecule has 0 N–H and O–H groups in total. The van der Waals surface area contributed by atoms with E-state index in [0.29, 0.717) is 5.56 Å². The van der Waals surface area contributed by atoms with Gasteiger partial charge < -0.3 is 13.9 Å². The number of carbonyl (C=O) groups excluding carboxylic acids is 1. The van der Waals surface area contributed by atoms with E-state index in [1.165, 1.54) is 13.5 Å². The third kappa shape index (κ3) is 2.92. The van der Waals surface area contributed by atoms with Crippen molar-refractivity contribution in [3.05, 3.63) is 54.4 Å². The average molecular weight is 354 g/mol. The average Bonchev–Trinajstić information content (AvgIpc) is 3.02. The summed E-state index contributed by atoms with van der Waals surface area (Å²) < 4.78 is 19.2. The lowest BCUT2D eigenvalue weighted by Gasteiger charge is -2.27. The predicted octanol–water partition coefficient (Wildman–Crippen LogP) is 3.47. The van der Waals surface area contributed by atoms with Gasteiger partial charge in [-0.25, -0.2) is 9.78 Å². The molecular weight excluding hydrogens is 336 g/mol. The van der Waals surface area contributed by atoms with Crippen LogP contribution in [-0.2, 0) is 15.9 Å². The summed E-state index contributed by atoms with van der Waals surface area (Å²) >= 11 is -0.965. The summed E-state index contributed by atoms with van der Waals surface area (Å²) in [7, 11) is 1.37. The molecule has 1 aromatic carbocycles. The molecule has 0 amide bonds. The quantitative estimate of drug-likeness (QED) is 0.531. The monoisotopic (exact) mass is 354 g/mol. The number of hydrogen-bond donors (Lipinski definition) is 0. The SMILES string of the molecule is COC(=O)c1ccc(-n2ccc3cc([S+]([O-])C4CCC4)cnc32)cc1. The smallest absolute Gasteiger partial charge is 0.337 e. The zero-order valence-electron chi connectivity index (χ0n) is 13.8. The highest BCUT2D eigenvalue weighted by molar-refractivity contribution is 7.92. The van der Waals surface area contributed by atoms with Gasteiger partial charge in [0.25, 0.3) is 0 Å². The minimum absolute atomic E-state index is 0.284. The fourth-order valence-electron chi connectivity index (χ4n) is 2.98. The molecule has 0 bridgehead atoms. The summed E-state index contributed by atoms with van der Waals surface area (Å²) in [6.45, 7) is 0. The first-order chi connectivity index (χ1) is 12.2. The number of hydrogen-bond acceptors (Lipinski definition) is 4. The molecule has 2 heterocycles. The molecule has 0 spiro atoms. The van der Waals surface area contributed by atoms with Crippen molar-refractivity contribution in [2.75, 3.05) is 7.11 Å². The highest BCUT2D eigenvalue weighted by Crippen LogP contribution is 2.32. The van der Waals surface area contributed by atoms with Crippen LogP contribution in [0.3, 0.4) is 0 Å². The van der Waals surface area contributed by atoms with E-state index in [4.69, 9.17) is 4.74 Å². The molecule has 2 aromatic heterocycles. The van der Waals surface area contributed by atoms with Gasteiger partial charge >= 0.3 is 5.97 Å². The van der Waals surface area contributed by atoms with Crippen molar-refractivity contribution in [1.82, 2.24) is 9.55 Å². The van der Waals surface area contributed by atoms with Crippen molar-refractivity contribution >= 4 is 28.2 Å². The van der Waals surface area contributed by atoms with Crippen LogP contribution >= 0.6 is 0 Å². The molecule has 25 heavy (non-hydrogen) atoms. The van der Waals surface area contributed by atoms with E-state index in [0.717, 1.165) is 34.5 Å². The highest BCUT2D eigenvalue weighted by atomic mass is 32.2. The molecule has 1 unspecified atom stereocenters. The molecule has 1 aliphatic carbocycles. The molecule has 1 fully saturated rings. The second kappa shape index (κ2) is 6.54. The number of fused-ring (bicyclic) bond motifs is 1. The van der Waals surface area contributed by atoms with Crippen LogP contribution in [0.15, 0.2) is 53.7 Å². The number of methoxy groups -OCH3 is 1. The number of aromatic nitrogens is 2. The molecule has 6 heteroatoms. The Morgan fingerprint density at radius 3 is 2.68 bits per heavy atom. The molecule has 0 aliphatic heterocycles. The van der Waals surface area contributed by atoms with Crippen LogP contribution in [0.2, 0.25) is 0 Å². The lowest BCUT2D eigenvalue weighted by atomic mass is 10.00. The van der Waals surface area contributed by atoms with Crippen LogP contribution in [0.5, 0.6) is 0 Å². The number of carbonyl (C=O) groups is 1. The second-order valence-electron chi connectivity index (χ2n) is 6.16. The van der Waals surface area contributed by atoms with Gasteiger partial charge in [-0.2, -0.15) is 0 Å². The number of nitrogens with zero attached hydrogens (tertiary/aromatic N) is 2. The predicted molar refractivity (Wildman–Crippen MR) is 96.5 cm³/mol. The van der Waals surface area contributed by atoms with Crippen LogP contribution in [0.1, 0.15) is 29.6 Å². The molecule has 1 saturated carbocycles. The topological polar surface area (TPSA) is 67.2 Å². The molecule has 1 aliphatic rings. The van der Waals surface area contributed by atoms with Gasteiger partial charge in [0.1, 0.15) is 10.9 Å². The van der Waals surface area contributed by atoms with E-state index in [1.54, 1.807) is 18.3 Å². The van der Waals surface area contributed by atoms with Crippen molar-refractivity contribution < 1.29 is 14.1 Å². The van der Waals surface area contributed by atoms with Crippen molar-refractivity contribution in [2.45, 2.75) is 29.4 Å². The lowest BCUT2D eigenvalue weighted by Crippen LogP contribution is -2.28. The van der Waals surface area contributed by atoms with E-state index in [9.17, 15) is 9.35 Å². The van der Waals surface area contributed by atoms with Crippen molar-refractivity contribution in [3.63, 3.8) is 0 Å². The van der Waals surface area contributed by atoms with E-state index in [1.807, 2.05) is 35.0 Å². The van der Waals surface area contributed by atoms with Crippen molar-refractivity contribution in [1.29, 1.82) is 0 Å². The van der Waals surface area contributed by atoms with Crippen LogP contribution < -0.4 is 0 Å². The van der Waals surface area contributed by atoms with Crippen LogP contribution in [0.4, 0.5) is 0 Å². The number of esters is 1. The molecule has 0 saturated heterocycles. The summed E-state index contributed by atoms with van der Waals surface area (Å²) in [4.78, 5) is 16.9. The van der Waals surface area contributed by atoms with Crippen LogP contribution in [0.25, 0.3) is 16.7 Å². The summed E-state index contributed by atoms with van der Waals surface area (Å²) in [5, 5.41) is 1.24. The molecule has 1 atom stereocenters. The van der Waals surface area contributed by atoms with Gasteiger partial charge in [-0.1, -0.05) is 0 Å². The molecule has 4 rings (SSSR count). The fraction of sp³-hybridized carbons (Fsp3) is 0.263. The lowest BCUT2D eigenvalue weighted by molar-refractivity contribution is 0.0600. The van der Waals surface area contributed by atoms with E-state index >= 15 is 0 Å². The third-order valence-electron chi connectivity index (χ3n) is 4.66. The van der Waals surface area contributed by atoms with Crippen LogP contribution in [0, 0.1) is 0 Å². The Balaban J connectivity index is 1.65. The highest BCUT2D eigenvalue weighted by Gasteiger charge is 2.31. The van der Waals surface area contributed by atoms with Gasteiger partial charge in [0, 0.05) is 23.3 Å². The van der Waals surface area contributed by atoms with Crippen molar-refractivity contribution in [2.24, 2.45) is 0 Å². The van der Waals surface area contributed by atoms with Crippen LogP contribution in [-0.4, -0.2) is 32.4 Å². The second-order valence-corrected chi connectivity index (χ2v) is 7.89. The number of benzene rings is 1. The van der Waals surface area contributed by atoms with Gasteiger partial charge in [-0.05, 0) is 60.8 Å². The maximum atomic E-state index is 12.5. The summed E-state index contributed by atoms with van der Waals surface area (Å²) in [5.41, 5.74) is 2.22. The first kappa shape index (κ1) is 16.2. The summed E-state index contributed by atoms with van der Waals surface area (Å²) in [6, 6.07) is 11.1. The Labute approximate surface area is 148 Å². The minimum atomic E-state index is -0.965. The molecular formula is C19H18N2O3S. The maximum Gasteiger partial charge on any atom is 0.337 e. The van der Waals surface area contributed by atoms with Gasteiger partial charge in [0.05, 0.1) is 18.9 Å². The van der Waals surface area contributed by atoms with Gasteiger partial charge in [-0.3, -0.25) is 0 Å². The summed E-state index contributed by atoms with van der Waals surface area (Å²) in [6.07, 6.45) is 6.90. The fourth-order valence-corrected chi connectivity index (χ4v) is 4.52. The van der Waals surface area contributed by atoms with Crippen molar-refractivity contribution in [3.8, 4) is 5.69 Å². The van der Waals surface area contributed by atoms with E-state index in [2.05, 4.69) is 4.98 Å². The molecule has 128 valence electrons. The molecule has 5 nitrogen and oxygen atoms in total. The number of ether oxygens (including phenoxy) is 1. The largest absolute Gasteiger partial charge is 0.611 e. The number of rotatable bonds is 4.